The summed E-state index contributed by atoms with van der Waals surface area (Å²) in [5.74, 6) is 1.55. The summed E-state index contributed by atoms with van der Waals surface area (Å²) in [4.78, 5) is 0. The molecular formula is C22H18O2. The van der Waals surface area contributed by atoms with E-state index in [1.807, 2.05) is 18.2 Å². The Kier molecular flexibility index (Phi) is 3.80. The Balaban J connectivity index is 1.68. The van der Waals surface area contributed by atoms with E-state index in [1.54, 1.807) is 7.11 Å². The van der Waals surface area contributed by atoms with E-state index < -0.39 is 0 Å². The Morgan fingerprint density at radius 3 is 2.25 bits per heavy atom. The molecule has 0 saturated carbocycles. The molecular weight excluding hydrogens is 296 g/mol. The summed E-state index contributed by atoms with van der Waals surface area (Å²) in [6.45, 7) is 0.509. The number of methoxy groups -OCH3 is 1. The average Bonchev–Trinajstić information content (AvgIpc) is 2.65. The lowest BCUT2D eigenvalue weighted by Crippen LogP contribution is -1.98. The van der Waals surface area contributed by atoms with Crippen LogP contribution in [0.5, 0.6) is 11.5 Å². The van der Waals surface area contributed by atoms with Crippen LogP contribution in [-0.2, 0) is 6.61 Å². The van der Waals surface area contributed by atoms with E-state index in [4.69, 9.17) is 9.47 Å². The van der Waals surface area contributed by atoms with E-state index in [0.717, 1.165) is 27.8 Å². The van der Waals surface area contributed by atoms with Crippen LogP contribution < -0.4 is 9.47 Å². The van der Waals surface area contributed by atoms with Gasteiger partial charge in [-0.3, -0.25) is 0 Å². The van der Waals surface area contributed by atoms with Crippen LogP contribution in [0.15, 0.2) is 78.9 Å². The van der Waals surface area contributed by atoms with Crippen molar-refractivity contribution >= 4 is 21.5 Å². The molecule has 0 saturated heterocycles. The minimum absolute atomic E-state index is 0.509. The van der Waals surface area contributed by atoms with Crippen LogP contribution in [0.3, 0.4) is 0 Å². The number of benzene rings is 4. The standard InChI is InChI=1S/C22H18O2/c1-23-21-13-12-18-7-4-5-9-20(18)22(21)24-15-16-10-11-17-6-2-3-8-19(17)14-16/h2-14H,15H2,1H3. The molecule has 0 bridgehead atoms. The molecule has 4 aromatic carbocycles. The predicted octanol–water partition coefficient (Wildman–Crippen LogP) is 5.58. The van der Waals surface area contributed by atoms with Gasteiger partial charge in [-0.05, 0) is 33.9 Å². The molecule has 2 heteroatoms. The fourth-order valence-corrected chi connectivity index (χ4v) is 3.02. The van der Waals surface area contributed by atoms with Gasteiger partial charge in [0.25, 0.3) is 0 Å². The second-order valence-electron chi connectivity index (χ2n) is 5.79. The van der Waals surface area contributed by atoms with Crippen LogP contribution in [0, 0.1) is 0 Å². The number of fused-ring (bicyclic) bond motifs is 2. The highest BCUT2D eigenvalue weighted by molar-refractivity contribution is 5.90. The lowest BCUT2D eigenvalue weighted by Gasteiger charge is -2.14. The van der Waals surface area contributed by atoms with Gasteiger partial charge >= 0.3 is 0 Å². The summed E-state index contributed by atoms with van der Waals surface area (Å²) < 4.78 is 11.6. The fourth-order valence-electron chi connectivity index (χ4n) is 3.02. The van der Waals surface area contributed by atoms with Crippen molar-refractivity contribution in [1.82, 2.24) is 0 Å². The third-order valence-electron chi connectivity index (χ3n) is 4.26. The maximum atomic E-state index is 6.15. The van der Waals surface area contributed by atoms with Crippen LogP contribution in [0.4, 0.5) is 0 Å². The summed E-state index contributed by atoms with van der Waals surface area (Å²) in [7, 11) is 1.67. The predicted molar refractivity (Wildman–Crippen MR) is 98.8 cm³/mol. The zero-order valence-electron chi connectivity index (χ0n) is 13.5. The van der Waals surface area contributed by atoms with Gasteiger partial charge in [-0.25, -0.2) is 0 Å². The van der Waals surface area contributed by atoms with Gasteiger partial charge in [-0.1, -0.05) is 66.7 Å². The molecule has 0 atom stereocenters. The van der Waals surface area contributed by atoms with E-state index in [-0.39, 0.29) is 0 Å². The molecule has 0 aliphatic heterocycles. The molecule has 0 unspecified atom stereocenters. The first-order valence-corrected chi connectivity index (χ1v) is 8.01. The molecule has 0 aromatic heterocycles. The van der Waals surface area contributed by atoms with Crippen molar-refractivity contribution in [2.75, 3.05) is 7.11 Å². The van der Waals surface area contributed by atoms with Crippen molar-refractivity contribution in [2.24, 2.45) is 0 Å². The van der Waals surface area contributed by atoms with E-state index >= 15 is 0 Å². The Hall–Kier alpha value is -3.00. The maximum absolute atomic E-state index is 6.15. The molecule has 0 aliphatic rings. The first-order chi connectivity index (χ1) is 11.8. The second-order valence-corrected chi connectivity index (χ2v) is 5.79. The molecule has 2 nitrogen and oxygen atoms in total. The molecule has 0 heterocycles. The van der Waals surface area contributed by atoms with Crippen molar-refractivity contribution < 1.29 is 9.47 Å². The minimum atomic E-state index is 0.509. The molecule has 0 N–H and O–H groups in total. The highest BCUT2D eigenvalue weighted by Crippen LogP contribution is 2.36. The lowest BCUT2D eigenvalue weighted by molar-refractivity contribution is 0.288. The molecule has 4 aromatic rings. The smallest absolute Gasteiger partial charge is 0.169 e. The molecule has 118 valence electrons. The summed E-state index contributed by atoms with van der Waals surface area (Å²) in [5.41, 5.74) is 1.14. The Morgan fingerprint density at radius 2 is 1.42 bits per heavy atom. The van der Waals surface area contributed by atoms with Crippen molar-refractivity contribution in [3.63, 3.8) is 0 Å². The molecule has 0 radical (unpaired) electrons. The average molecular weight is 314 g/mol. The SMILES string of the molecule is COc1ccc2ccccc2c1OCc1ccc2ccccc2c1. The van der Waals surface area contributed by atoms with Gasteiger partial charge in [0.2, 0.25) is 0 Å². The number of hydrogen-bond acceptors (Lipinski definition) is 2. The molecule has 0 aliphatic carbocycles. The largest absolute Gasteiger partial charge is 0.493 e. The van der Waals surface area contributed by atoms with Gasteiger partial charge in [-0.2, -0.15) is 0 Å². The zero-order valence-corrected chi connectivity index (χ0v) is 13.5. The summed E-state index contributed by atoms with van der Waals surface area (Å²) in [6.07, 6.45) is 0. The van der Waals surface area contributed by atoms with Gasteiger partial charge < -0.3 is 9.47 Å². The highest BCUT2D eigenvalue weighted by Gasteiger charge is 2.10. The van der Waals surface area contributed by atoms with Crippen molar-refractivity contribution in [1.29, 1.82) is 0 Å². The number of hydrogen-bond donors (Lipinski definition) is 0. The van der Waals surface area contributed by atoms with E-state index in [2.05, 4.69) is 60.7 Å². The van der Waals surface area contributed by atoms with Crippen LogP contribution >= 0.6 is 0 Å². The number of rotatable bonds is 4. The third-order valence-corrected chi connectivity index (χ3v) is 4.26. The van der Waals surface area contributed by atoms with Gasteiger partial charge in [0.1, 0.15) is 6.61 Å². The van der Waals surface area contributed by atoms with Gasteiger partial charge in [-0.15, -0.1) is 0 Å². The Labute approximate surface area is 141 Å². The van der Waals surface area contributed by atoms with Gasteiger partial charge in [0, 0.05) is 5.39 Å². The highest BCUT2D eigenvalue weighted by atomic mass is 16.5. The normalized spacial score (nSPS) is 10.9. The molecule has 24 heavy (non-hydrogen) atoms. The van der Waals surface area contributed by atoms with Crippen LogP contribution in [0.25, 0.3) is 21.5 Å². The quantitative estimate of drug-likeness (QED) is 0.489. The monoisotopic (exact) mass is 314 g/mol. The van der Waals surface area contributed by atoms with E-state index in [1.165, 1.54) is 10.8 Å². The third kappa shape index (κ3) is 2.67. The fraction of sp³-hybridized carbons (Fsp3) is 0.0909. The molecule has 4 rings (SSSR count). The van der Waals surface area contributed by atoms with Crippen LogP contribution in [-0.4, -0.2) is 7.11 Å². The Morgan fingerprint density at radius 1 is 0.708 bits per heavy atom. The zero-order chi connectivity index (χ0) is 16.4. The first kappa shape index (κ1) is 14.6. The molecule has 0 spiro atoms. The van der Waals surface area contributed by atoms with Crippen LogP contribution in [0.1, 0.15) is 5.56 Å². The van der Waals surface area contributed by atoms with Gasteiger partial charge in [0.05, 0.1) is 7.11 Å². The summed E-state index contributed by atoms with van der Waals surface area (Å²) in [5, 5.41) is 4.68. The van der Waals surface area contributed by atoms with Crippen molar-refractivity contribution in [3.8, 4) is 11.5 Å². The summed E-state index contributed by atoms with van der Waals surface area (Å²) in [6, 6.07) is 27.0. The van der Waals surface area contributed by atoms with Crippen molar-refractivity contribution in [2.45, 2.75) is 6.61 Å². The Bertz CT molecular complexity index is 1000. The second kappa shape index (κ2) is 6.25. The van der Waals surface area contributed by atoms with Crippen LogP contribution in [0.2, 0.25) is 0 Å². The van der Waals surface area contributed by atoms with Gasteiger partial charge in [0.15, 0.2) is 11.5 Å². The van der Waals surface area contributed by atoms with Crippen molar-refractivity contribution in [3.05, 3.63) is 84.4 Å². The van der Waals surface area contributed by atoms with E-state index in [9.17, 15) is 0 Å². The maximum Gasteiger partial charge on any atom is 0.169 e. The first-order valence-electron chi connectivity index (χ1n) is 8.01. The number of ether oxygens (including phenoxy) is 2. The van der Waals surface area contributed by atoms with E-state index in [0.29, 0.717) is 6.61 Å². The lowest BCUT2D eigenvalue weighted by atomic mass is 10.1. The molecule has 0 amide bonds. The minimum Gasteiger partial charge on any atom is -0.493 e. The topological polar surface area (TPSA) is 18.5 Å². The molecule has 0 fully saturated rings. The summed E-state index contributed by atoms with van der Waals surface area (Å²) >= 11 is 0.